The molecule has 1 heterocycles. The van der Waals surface area contributed by atoms with Crippen molar-refractivity contribution < 1.29 is 29.3 Å². The van der Waals surface area contributed by atoms with Crippen LogP contribution >= 0.6 is 10.0 Å². The summed E-state index contributed by atoms with van der Waals surface area (Å²) < 4.78 is 5.53. The molecule has 0 aromatic heterocycles. The van der Waals surface area contributed by atoms with Crippen LogP contribution in [0.1, 0.15) is 50.5 Å². The van der Waals surface area contributed by atoms with E-state index < -0.39 is 27.9 Å². The molecule has 152 valence electrons. The molecule has 0 aliphatic carbocycles. The number of allylic oxidation sites excluding steroid dienone is 1. The van der Waals surface area contributed by atoms with E-state index in [1.807, 2.05) is 40.7 Å². The Labute approximate surface area is 166 Å². The monoisotopic (exact) mass is 406 g/mol. The van der Waals surface area contributed by atoms with E-state index in [2.05, 4.69) is 0 Å². The summed E-state index contributed by atoms with van der Waals surface area (Å²) in [5.41, 5.74) is 1.35. The first kappa shape index (κ1) is 21.8. The molecule has 0 atom stereocenters. The van der Waals surface area contributed by atoms with Gasteiger partial charge in [0.15, 0.2) is 5.76 Å². The molecule has 0 bridgehead atoms. The Morgan fingerprint density at radius 2 is 1.46 bits per heavy atom. The van der Waals surface area contributed by atoms with E-state index in [9.17, 15) is 24.6 Å². The Morgan fingerprint density at radius 3 is 1.89 bits per heavy atom. The zero-order valence-corrected chi connectivity index (χ0v) is 17.7. The highest BCUT2D eigenvalue weighted by Gasteiger charge is 2.52. The molecule has 1 aromatic carbocycles. The molecule has 6 nitrogen and oxygen atoms in total. The number of carbonyl (C=O) groups is 3. The number of aryl methyl sites for hydroxylation is 1. The van der Waals surface area contributed by atoms with Crippen LogP contribution in [0.2, 0.25) is 0 Å². The van der Waals surface area contributed by atoms with E-state index in [0.717, 1.165) is 5.56 Å². The number of benzene rings is 1. The van der Waals surface area contributed by atoms with Crippen LogP contribution in [0.5, 0.6) is 0 Å². The van der Waals surface area contributed by atoms with Crippen LogP contribution in [0.3, 0.4) is 0 Å². The van der Waals surface area contributed by atoms with Gasteiger partial charge in [0.05, 0.1) is 10.5 Å². The summed E-state index contributed by atoms with van der Waals surface area (Å²) in [7, 11) is -2.43. The number of hydrogen-bond acceptors (Lipinski definition) is 4. The van der Waals surface area contributed by atoms with Crippen LogP contribution in [0.4, 0.5) is 0 Å². The topological polar surface area (TPSA) is 101 Å². The second kappa shape index (κ2) is 7.83. The van der Waals surface area contributed by atoms with Gasteiger partial charge in [-0.25, -0.2) is 14.4 Å². The first-order valence-electron chi connectivity index (χ1n) is 8.98. The molecule has 0 radical (unpaired) electrons. The number of carbonyl (C=O) groups excluding carboxylic acids is 1. The van der Waals surface area contributed by atoms with Crippen LogP contribution in [0, 0.1) is 6.92 Å². The minimum Gasteiger partial charge on any atom is -0.477 e. The Hall–Kier alpha value is -2.54. The van der Waals surface area contributed by atoms with Gasteiger partial charge in [-0.3, -0.25) is 0 Å². The van der Waals surface area contributed by atoms with Crippen LogP contribution < -0.4 is 0 Å². The van der Waals surface area contributed by atoms with Gasteiger partial charge in [-0.1, -0.05) is 45.4 Å². The lowest BCUT2D eigenvalue weighted by Gasteiger charge is -2.45. The summed E-state index contributed by atoms with van der Waals surface area (Å²) in [4.78, 5) is 37.1. The van der Waals surface area contributed by atoms with Gasteiger partial charge in [-0.2, -0.15) is 10.0 Å². The van der Waals surface area contributed by atoms with Crippen molar-refractivity contribution in [2.45, 2.75) is 52.0 Å². The molecular formula is C21H26O6S. The van der Waals surface area contributed by atoms with Crippen molar-refractivity contribution in [3.63, 3.8) is 0 Å². The third-order valence-corrected chi connectivity index (χ3v) is 10.1. The van der Waals surface area contributed by atoms with E-state index in [0.29, 0.717) is 0 Å². The maximum Gasteiger partial charge on any atom is 0.344 e. The highest BCUT2D eigenvalue weighted by Crippen LogP contribution is 2.73. The fraction of sp³-hybridized carbons (Fsp3) is 0.381. The molecule has 1 aliphatic heterocycles. The Morgan fingerprint density at radius 1 is 0.929 bits per heavy atom. The number of aliphatic carboxylic acids is 2. The molecule has 0 fully saturated rings. The molecule has 2 N–H and O–H groups in total. The van der Waals surface area contributed by atoms with Crippen LogP contribution in [0.25, 0.3) is 0 Å². The summed E-state index contributed by atoms with van der Waals surface area (Å²) in [6.07, 6.45) is 0. The molecule has 1 aromatic rings. The lowest BCUT2D eigenvalue weighted by molar-refractivity contribution is -0.132. The highest BCUT2D eigenvalue weighted by atomic mass is 32.3. The van der Waals surface area contributed by atoms with E-state index in [1.54, 1.807) is 18.2 Å². The Bertz CT molecular complexity index is 899. The van der Waals surface area contributed by atoms with E-state index in [1.165, 1.54) is 6.92 Å². The van der Waals surface area contributed by atoms with Crippen LogP contribution in [-0.4, -0.2) is 38.6 Å². The number of esters is 1. The van der Waals surface area contributed by atoms with Gasteiger partial charge >= 0.3 is 17.9 Å². The van der Waals surface area contributed by atoms with Crippen molar-refractivity contribution in [3.8, 4) is 0 Å². The maximum atomic E-state index is 12.7. The molecule has 0 spiro atoms. The average Bonchev–Trinajstić information content (AvgIpc) is 2.85. The highest BCUT2D eigenvalue weighted by molar-refractivity contribution is 8.42. The van der Waals surface area contributed by atoms with Crippen LogP contribution in [0.15, 0.2) is 45.4 Å². The quantitative estimate of drug-likeness (QED) is 0.677. The average molecular weight is 407 g/mol. The smallest absolute Gasteiger partial charge is 0.344 e. The SMILES string of the molecule is CC1=C(C(=O)O)S(C(C)C)(C(C)C)C(C(=O)O)=C1OC(=O)c1cccc(C)c1. The number of hydrogen-bond donors (Lipinski definition) is 2. The fourth-order valence-corrected chi connectivity index (χ4v) is 8.72. The molecule has 1 aliphatic rings. The predicted octanol–water partition coefficient (Wildman–Crippen LogP) is 4.44. The van der Waals surface area contributed by atoms with Gasteiger partial charge < -0.3 is 14.9 Å². The number of ether oxygens (including phenoxy) is 1. The number of rotatable bonds is 6. The third-order valence-electron chi connectivity index (χ3n) is 4.89. The van der Waals surface area contributed by atoms with Crippen molar-refractivity contribution in [1.29, 1.82) is 0 Å². The van der Waals surface area contributed by atoms with Crippen molar-refractivity contribution in [3.05, 3.63) is 56.5 Å². The molecule has 28 heavy (non-hydrogen) atoms. The first-order valence-corrected chi connectivity index (χ1v) is 10.7. The van der Waals surface area contributed by atoms with Gasteiger partial charge in [0.25, 0.3) is 0 Å². The van der Waals surface area contributed by atoms with Crippen molar-refractivity contribution in [2.24, 2.45) is 0 Å². The standard InChI is InChI=1S/C21H26O6S/c1-11(2)28(12(3)4)17(19(22)23)14(6)16(18(28)20(24)25)27-21(26)15-9-7-8-13(5)10-15/h7-12H,1-6H3,(H,22,23)(H,24,25). The van der Waals surface area contributed by atoms with Gasteiger partial charge in [0.2, 0.25) is 0 Å². The Kier molecular flexibility index (Phi) is 6.09. The lowest BCUT2D eigenvalue weighted by atomic mass is 10.1. The van der Waals surface area contributed by atoms with Gasteiger partial charge in [0.1, 0.15) is 4.91 Å². The molecule has 0 unspecified atom stereocenters. The largest absolute Gasteiger partial charge is 0.477 e. The van der Waals surface area contributed by atoms with E-state index in [-0.39, 0.29) is 37.2 Å². The molecule has 2 rings (SSSR count). The first-order chi connectivity index (χ1) is 13.0. The molecule has 0 saturated heterocycles. The zero-order chi connectivity index (χ0) is 21.4. The minimum absolute atomic E-state index is 0.0574. The summed E-state index contributed by atoms with van der Waals surface area (Å²) in [6, 6.07) is 6.75. The molecule has 0 saturated carbocycles. The van der Waals surface area contributed by atoms with Crippen molar-refractivity contribution >= 4 is 27.9 Å². The van der Waals surface area contributed by atoms with Gasteiger partial charge in [-0.15, -0.1) is 0 Å². The lowest BCUT2D eigenvalue weighted by Crippen LogP contribution is -2.29. The summed E-state index contributed by atoms with van der Waals surface area (Å²) in [6.45, 7) is 10.6. The molecular weight excluding hydrogens is 380 g/mol. The van der Waals surface area contributed by atoms with Crippen LogP contribution in [-0.2, 0) is 14.3 Å². The van der Waals surface area contributed by atoms with Crippen molar-refractivity contribution in [2.75, 3.05) is 0 Å². The normalized spacial score (nSPS) is 17.3. The number of carboxylic acids is 2. The predicted molar refractivity (Wildman–Crippen MR) is 109 cm³/mol. The third kappa shape index (κ3) is 3.35. The Balaban J connectivity index is 2.73. The van der Waals surface area contributed by atoms with E-state index >= 15 is 0 Å². The fourth-order valence-electron chi connectivity index (χ4n) is 3.86. The molecule has 7 heteroatoms. The number of carboxylic acid groups (broad SMARTS) is 2. The van der Waals surface area contributed by atoms with Gasteiger partial charge in [-0.05, 0) is 36.5 Å². The second-order valence-corrected chi connectivity index (χ2v) is 11.4. The summed E-state index contributed by atoms with van der Waals surface area (Å²) >= 11 is 0. The maximum absolute atomic E-state index is 12.7. The van der Waals surface area contributed by atoms with Crippen molar-refractivity contribution in [1.82, 2.24) is 0 Å². The summed E-state index contributed by atoms with van der Waals surface area (Å²) in [5.74, 6) is -3.26. The minimum atomic E-state index is -2.43. The molecule has 0 amide bonds. The van der Waals surface area contributed by atoms with Gasteiger partial charge in [0, 0.05) is 5.57 Å². The summed E-state index contributed by atoms with van der Waals surface area (Å²) in [5, 5.41) is 19.4. The zero-order valence-electron chi connectivity index (χ0n) is 16.9. The van der Waals surface area contributed by atoms with E-state index in [4.69, 9.17) is 4.74 Å². The second-order valence-electron chi connectivity index (χ2n) is 7.29.